The topological polar surface area (TPSA) is 35.8 Å². The predicted octanol–water partition coefficient (Wildman–Crippen LogP) is 3.81. The van der Waals surface area contributed by atoms with Crippen LogP contribution >= 0.6 is 11.6 Å². The van der Waals surface area contributed by atoms with Gasteiger partial charge in [-0.1, -0.05) is 18.5 Å². The Morgan fingerprint density at radius 3 is 2.60 bits per heavy atom. The average Bonchev–Trinajstić information content (AvgIpc) is 2.21. The summed E-state index contributed by atoms with van der Waals surface area (Å²) >= 11 is 6.06. The summed E-state index contributed by atoms with van der Waals surface area (Å²) in [5, 5.41) is 12.6. The highest BCUT2D eigenvalue weighted by molar-refractivity contribution is 6.33. The van der Waals surface area contributed by atoms with Crippen LogP contribution in [0.15, 0.2) is 18.2 Å². The van der Waals surface area contributed by atoms with Crippen LogP contribution in [0.25, 0.3) is 0 Å². The molecule has 0 radical (unpaired) electrons. The molecule has 15 heavy (non-hydrogen) atoms. The predicted molar refractivity (Wildman–Crippen MR) is 64.2 cm³/mol. The van der Waals surface area contributed by atoms with Crippen molar-refractivity contribution >= 4 is 17.3 Å². The largest absolute Gasteiger partial charge is 0.379 e. The molecular weight excluding hydrogens is 208 g/mol. The van der Waals surface area contributed by atoms with Crippen LogP contribution < -0.4 is 5.32 Å². The second-order valence-corrected chi connectivity index (χ2v) is 4.58. The van der Waals surface area contributed by atoms with Crippen LogP contribution in [0.3, 0.4) is 0 Å². The lowest BCUT2D eigenvalue weighted by Crippen LogP contribution is -2.29. The van der Waals surface area contributed by atoms with E-state index in [1.54, 1.807) is 12.1 Å². The molecule has 0 amide bonds. The zero-order valence-electron chi connectivity index (χ0n) is 9.26. The zero-order chi connectivity index (χ0) is 11.5. The van der Waals surface area contributed by atoms with Crippen molar-refractivity contribution in [1.29, 1.82) is 5.26 Å². The van der Waals surface area contributed by atoms with E-state index >= 15 is 0 Å². The summed E-state index contributed by atoms with van der Waals surface area (Å²) < 4.78 is 0. The normalized spacial score (nSPS) is 10.9. The van der Waals surface area contributed by atoms with Gasteiger partial charge in [-0.25, -0.2) is 0 Å². The Kier molecular flexibility index (Phi) is 3.60. The van der Waals surface area contributed by atoms with E-state index in [1.165, 1.54) is 0 Å². The molecule has 0 spiro atoms. The maximum atomic E-state index is 8.70. The lowest BCUT2D eigenvalue weighted by Gasteiger charge is -2.26. The maximum absolute atomic E-state index is 8.70. The lowest BCUT2D eigenvalue weighted by atomic mass is 10.0. The van der Waals surface area contributed by atoms with Crippen molar-refractivity contribution in [1.82, 2.24) is 0 Å². The Morgan fingerprint density at radius 2 is 2.13 bits per heavy atom. The summed E-state index contributed by atoms with van der Waals surface area (Å²) in [7, 11) is 0. The fourth-order valence-corrected chi connectivity index (χ4v) is 1.37. The summed E-state index contributed by atoms with van der Waals surface area (Å²) in [6.07, 6.45) is 1.00. The molecule has 3 heteroatoms. The SMILES string of the molecule is CCC(C)(C)Nc1ccc(C#N)cc1Cl. The number of benzene rings is 1. The number of hydrogen-bond acceptors (Lipinski definition) is 2. The van der Waals surface area contributed by atoms with Crippen LogP contribution in [-0.2, 0) is 0 Å². The minimum absolute atomic E-state index is 0.0117. The number of nitrogens with one attached hydrogen (secondary N) is 1. The van der Waals surface area contributed by atoms with Gasteiger partial charge >= 0.3 is 0 Å². The minimum Gasteiger partial charge on any atom is -0.379 e. The van der Waals surface area contributed by atoms with E-state index < -0.39 is 0 Å². The first-order valence-corrected chi connectivity index (χ1v) is 5.34. The molecule has 0 saturated heterocycles. The summed E-state index contributed by atoms with van der Waals surface area (Å²) in [5.41, 5.74) is 1.47. The third kappa shape index (κ3) is 3.14. The van der Waals surface area contributed by atoms with Gasteiger partial charge in [0.25, 0.3) is 0 Å². The van der Waals surface area contributed by atoms with Gasteiger partial charge in [0.1, 0.15) is 0 Å². The Bertz CT molecular complexity index is 391. The monoisotopic (exact) mass is 222 g/mol. The van der Waals surface area contributed by atoms with E-state index in [9.17, 15) is 0 Å². The van der Waals surface area contributed by atoms with Crippen LogP contribution in [0, 0.1) is 11.3 Å². The van der Waals surface area contributed by atoms with Gasteiger partial charge in [0.15, 0.2) is 0 Å². The van der Waals surface area contributed by atoms with Crippen molar-refractivity contribution in [3.8, 4) is 6.07 Å². The molecule has 0 aliphatic carbocycles. The number of hydrogen-bond donors (Lipinski definition) is 1. The molecule has 0 saturated carbocycles. The third-order valence-electron chi connectivity index (χ3n) is 2.46. The quantitative estimate of drug-likeness (QED) is 0.844. The van der Waals surface area contributed by atoms with Crippen molar-refractivity contribution in [3.05, 3.63) is 28.8 Å². The van der Waals surface area contributed by atoms with E-state index in [2.05, 4.69) is 32.2 Å². The lowest BCUT2D eigenvalue weighted by molar-refractivity contribution is 0.547. The number of nitrogens with zero attached hydrogens (tertiary/aromatic N) is 1. The van der Waals surface area contributed by atoms with Crippen LogP contribution in [0.1, 0.15) is 32.8 Å². The maximum Gasteiger partial charge on any atom is 0.0992 e. The van der Waals surface area contributed by atoms with Gasteiger partial charge in [0, 0.05) is 5.54 Å². The van der Waals surface area contributed by atoms with Gasteiger partial charge in [0.2, 0.25) is 0 Å². The van der Waals surface area contributed by atoms with Gasteiger partial charge in [-0.05, 0) is 38.5 Å². The standard InChI is InChI=1S/C12H15ClN2/c1-4-12(2,3)15-11-6-5-9(8-14)7-10(11)13/h5-7,15H,4H2,1-3H3. The Balaban J connectivity index is 2.93. The second kappa shape index (κ2) is 4.55. The number of halogens is 1. The molecule has 0 atom stereocenters. The van der Waals surface area contributed by atoms with E-state index in [1.807, 2.05) is 6.07 Å². The molecule has 0 aromatic heterocycles. The van der Waals surface area contributed by atoms with Gasteiger partial charge in [0.05, 0.1) is 22.3 Å². The summed E-state index contributed by atoms with van der Waals surface area (Å²) in [6.45, 7) is 6.34. The van der Waals surface area contributed by atoms with Crippen molar-refractivity contribution < 1.29 is 0 Å². The van der Waals surface area contributed by atoms with Crippen LogP contribution in [0.4, 0.5) is 5.69 Å². The number of nitriles is 1. The molecule has 0 unspecified atom stereocenters. The molecule has 0 aliphatic heterocycles. The summed E-state index contributed by atoms with van der Waals surface area (Å²) in [5.74, 6) is 0. The molecule has 2 nitrogen and oxygen atoms in total. The molecule has 1 rings (SSSR count). The first-order chi connectivity index (χ1) is 6.98. The highest BCUT2D eigenvalue weighted by atomic mass is 35.5. The third-order valence-corrected chi connectivity index (χ3v) is 2.77. The molecular formula is C12H15ClN2. The fourth-order valence-electron chi connectivity index (χ4n) is 1.14. The average molecular weight is 223 g/mol. The van der Waals surface area contributed by atoms with Crippen LogP contribution in [0.5, 0.6) is 0 Å². The van der Waals surface area contributed by atoms with Gasteiger partial charge < -0.3 is 5.32 Å². The summed E-state index contributed by atoms with van der Waals surface area (Å²) in [6, 6.07) is 7.35. The molecule has 0 fully saturated rings. The molecule has 1 aromatic carbocycles. The molecule has 0 aliphatic rings. The van der Waals surface area contributed by atoms with Crippen molar-refractivity contribution in [2.45, 2.75) is 32.7 Å². The molecule has 0 heterocycles. The van der Waals surface area contributed by atoms with Crippen LogP contribution in [0.2, 0.25) is 5.02 Å². The van der Waals surface area contributed by atoms with Gasteiger partial charge in [-0.3, -0.25) is 0 Å². The van der Waals surface area contributed by atoms with E-state index in [0.29, 0.717) is 10.6 Å². The van der Waals surface area contributed by atoms with Gasteiger partial charge in [-0.2, -0.15) is 5.26 Å². The highest BCUT2D eigenvalue weighted by Gasteiger charge is 2.15. The van der Waals surface area contributed by atoms with Crippen LogP contribution in [-0.4, -0.2) is 5.54 Å². The smallest absolute Gasteiger partial charge is 0.0992 e. The number of anilines is 1. The molecule has 1 N–H and O–H groups in total. The second-order valence-electron chi connectivity index (χ2n) is 4.17. The van der Waals surface area contributed by atoms with Crippen molar-refractivity contribution in [2.24, 2.45) is 0 Å². The Hall–Kier alpha value is -1.20. The fraction of sp³-hybridized carbons (Fsp3) is 0.417. The minimum atomic E-state index is 0.0117. The Morgan fingerprint density at radius 1 is 1.47 bits per heavy atom. The van der Waals surface area contributed by atoms with E-state index in [0.717, 1.165) is 12.1 Å². The van der Waals surface area contributed by atoms with E-state index in [4.69, 9.17) is 16.9 Å². The Labute approximate surface area is 95.9 Å². The van der Waals surface area contributed by atoms with Gasteiger partial charge in [-0.15, -0.1) is 0 Å². The van der Waals surface area contributed by atoms with Crippen molar-refractivity contribution in [2.75, 3.05) is 5.32 Å². The summed E-state index contributed by atoms with van der Waals surface area (Å²) in [4.78, 5) is 0. The van der Waals surface area contributed by atoms with Crippen molar-refractivity contribution in [3.63, 3.8) is 0 Å². The first kappa shape index (κ1) is 11.9. The number of rotatable bonds is 3. The van der Waals surface area contributed by atoms with E-state index in [-0.39, 0.29) is 5.54 Å². The highest BCUT2D eigenvalue weighted by Crippen LogP contribution is 2.26. The zero-order valence-corrected chi connectivity index (χ0v) is 10.0. The molecule has 80 valence electrons. The molecule has 0 bridgehead atoms. The first-order valence-electron chi connectivity index (χ1n) is 4.96. The molecule has 1 aromatic rings.